The van der Waals surface area contributed by atoms with E-state index < -0.39 is 28.3 Å². The fraction of sp³-hybridized carbons (Fsp3) is 0.368. The number of halogens is 3. The largest absolute Gasteiger partial charge is 0.371 e. The summed E-state index contributed by atoms with van der Waals surface area (Å²) in [4.78, 5) is 8.21. The summed E-state index contributed by atoms with van der Waals surface area (Å²) in [5.41, 5.74) is 7.54. The number of nitrogens with zero attached hydrogens (tertiary/aromatic N) is 7. The molecule has 0 amide bonds. The number of fused-ring (bicyclic) bond motifs is 2. The normalized spacial score (nSPS) is 16.4. The van der Waals surface area contributed by atoms with Crippen molar-refractivity contribution in [2.24, 2.45) is 0 Å². The van der Waals surface area contributed by atoms with Gasteiger partial charge in [0.05, 0.1) is 30.3 Å². The van der Waals surface area contributed by atoms with Crippen LogP contribution in [0, 0.1) is 5.82 Å². The van der Waals surface area contributed by atoms with Gasteiger partial charge in [0.25, 0.3) is 5.92 Å². The van der Waals surface area contributed by atoms with Gasteiger partial charge in [0.2, 0.25) is 16.0 Å². The molecule has 4 aromatic rings. The standard InChI is InChI=1S/C13H11FN8.C6H11F2NO2S/c1-16-12-11-10(7(14)6-22(11)20-13(15)18-12)8-2-3-9-17-4-5-21(9)19-8;1-12(10,11)9-4-2-3-6(7,8)5-9/h2-6H,1H3,(H3,15,16,18,20);2-5H2,1H3. The molecule has 0 saturated carbocycles. The van der Waals surface area contributed by atoms with E-state index in [9.17, 15) is 21.6 Å². The smallest absolute Gasteiger partial charge is 0.261 e. The molecule has 0 aliphatic carbocycles. The van der Waals surface area contributed by atoms with Gasteiger partial charge in [-0.3, -0.25) is 0 Å². The van der Waals surface area contributed by atoms with Gasteiger partial charge in [0.1, 0.15) is 5.52 Å². The zero-order valence-electron chi connectivity index (χ0n) is 18.3. The number of nitrogens with one attached hydrogen (secondary N) is 1. The number of aromatic nitrogens is 6. The lowest BCUT2D eigenvalue weighted by molar-refractivity contribution is -0.0432. The van der Waals surface area contributed by atoms with Crippen LogP contribution in [0.1, 0.15) is 12.8 Å². The van der Waals surface area contributed by atoms with Crippen LogP contribution < -0.4 is 11.1 Å². The average Bonchev–Trinajstić information content (AvgIpc) is 3.35. The maximum Gasteiger partial charge on any atom is 0.261 e. The summed E-state index contributed by atoms with van der Waals surface area (Å²) < 4.78 is 65.3. The third-order valence-corrected chi connectivity index (χ3v) is 6.43. The molecule has 4 aromatic heterocycles. The van der Waals surface area contributed by atoms with Crippen molar-refractivity contribution >= 4 is 33.0 Å². The second-order valence-corrected chi connectivity index (χ2v) is 9.70. The van der Waals surface area contributed by atoms with Gasteiger partial charge in [-0.15, -0.1) is 5.10 Å². The number of imidazole rings is 1. The fourth-order valence-corrected chi connectivity index (χ4v) is 4.53. The predicted molar refractivity (Wildman–Crippen MR) is 119 cm³/mol. The SMILES string of the molecule is CNc1nc(N)nn2cc(F)c(-c3ccc4nccn4n3)c12.CS(=O)(=O)N1CCCC(F)(F)C1. The van der Waals surface area contributed by atoms with E-state index in [1.54, 1.807) is 36.1 Å². The van der Waals surface area contributed by atoms with Gasteiger partial charge in [0.15, 0.2) is 17.3 Å². The Bertz CT molecular complexity index is 1450. The first-order valence-corrected chi connectivity index (χ1v) is 12.0. The number of rotatable bonds is 3. The molecule has 0 spiro atoms. The quantitative estimate of drug-likeness (QED) is 0.438. The maximum atomic E-state index is 14.4. The summed E-state index contributed by atoms with van der Waals surface area (Å²) in [5.74, 6) is -2.82. The molecular formula is C19H22F3N9O2S. The highest BCUT2D eigenvalue weighted by atomic mass is 32.2. The van der Waals surface area contributed by atoms with Crippen LogP contribution in [0.4, 0.5) is 24.9 Å². The molecule has 3 N–H and O–H groups in total. The third kappa shape index (κ3) is 4.75. The Morgan fingerprint density at radius 3 is 2.62 bits per heavy atom. The van der Waals surface area contributed by atoms with E-state index in [4.69, 9.17) is 5.73 Å². The number of alkyl halides is 2. The molecular weight excluding hydrogens is 475 g/mol. The summed E-state index contributed by atoms with van der Waals surface area (Å²) in [5, 5.41) is 11.3. The minimum atomic E-state index is -3.44. The summed E-state index contributed by atoms with van der Waals surface area (Å²) in [7, 11) is -1.76. The molecule has 5 heterocycles. The minimum Gasteiger partial charge on any atom is -0.371 e. The Hall–Kier alpha value is -3.46. The number of sulfonamides is 1. The van der Waals surface area contributed by atoms with Gasteiger partial charge < -0.3 is 11.1 Å². The highest BCUT2D eigenvalue weighted by Crippen LogP contribution is 2.31. The Balaban J connectivity index is 0.000000195. The summed E-state index contributed by atoms with van der Waals surface area (Å²) in [6.45, 7) is -0.444. The first kappa shape index (κ1) is 23.7. The van der Waals surface area contributed by atoms with Crippen molar-refractivity contribution in [1.82, 2.24) is 33.5 Å². The van der Waals surface area contributed by atoms with Crippen LogP contribution in [-0.2, 0) is 10.0 Å². The van der Waals surface area contributed by atoms with E-state index in [2.05, 4.69) is 25.5 Å². The average molecular weight is 498 g/mol. The van der Waals surface area contributed by atoms with Gasteiger partial charge in [-0.2, -0.15) is 14.4 Å². The van der Waals surface area contributed by atoms with Crippen LogP contribution in [0.3, 0.4) is 0 Å². The monoisotopic (exact) mass is 497 g/mol. The van der Waals surface area contributed by atoms with Gasteiger partial charge in [-0.05, 0) is 18.6 Å². The van der Waals surface area contributed by atoms with Crippen molar-refractivity contribution in [3.63, 3.8) is 0 Å². The van der Waals surface area contributed by atoms with Crippen molar-refractivity contribution in [3.05, 3.63) is 36.5 Å². The lowest BCUT2D eigenvalue weighted by Crippen LogP contribution is -2.45. The number of nitrogens with two attached hydrogens (primary N) is 1. The molecule has 1 aliphatic rings. The van der Waals surface area contributed by atoms with Crippen molar-refractivity contribution in [2.75, 3.05) is 37.4 Å². The molecule has 11 nitrogen and oxygen atoms in total. The molecule has 1 aliphatic heterocycles. The predicted octanol–water partition coefficient (Wildman–Crippen LogP) is 1.88. The third-order valence-electron chi connectivity index (χ3n) is 5.18. The van der Waals surface area contributed by atoms with Crippen LogP contribution in [0.5, 0.6) is 0 Å². The molecule has 0 aromatic carbocycles. The van der Waals surface area contributed by atoms with E-state index >= 15 is 0 Å². The molecule has 15 heteroatoms. The van der Waals surface area contributed by atoms with Gasteiger partial charge in [-0.25, -0.2) is 35.6 Å². The number of hydrogen-bond donors (Lipinski definition) is 2. The second kappa shape index (κ2) is 8.72. The van der Waals surface area contributed by atoms with Crippen molar-refractivity contribution in [2.45, 2.75) is 18.8 Å². The van der Waals surface area contributed by atoms with E-state index in [1.165, 1.54) is 10.7 Å². The number of nitrogen functional groups attached to an aromatic ring is 1. The first-order chi connectivity index (χ1) is 16.0. The molecule has 1 fully saturated rings. The van der Waals surface area contributed by atoms with Crippen LogP contribution in [0.15, 0.2) is 30.7 Å². The number of anilines is 2. The Morgan fingerprint density at radius 2 is 1.97 bits per heavy atom. The van der Waals surface area contributed by atoms with Crippen LogP contribution in [0.25, 0.3) is 22.4 Å². The van der Waals surface area contributed by atoms with Crippen molar-refractivity contribution in [3.8, 4) is 11.3 Å². The second-order valence-electron chi connectivity index (χ2n) is 7.72. The van der Waals surface area contributed by atoms with Crippen molar-refractivity contribution in [1.29, 1.82) is 0 Å². The van der Waals surface area contributed by atoms with Crippen LogP contribution in [-0.4, -0.2) is 74.2 Å². The zero-order chi connectivity index (χ0) is 24.7. The molecule has 0 bridgehead atoms. The first-order valence-electron chi connectivity index (χ1n) is 10.1. The molecule has 34 heavy (non-hydrogen) atoms. The van der Waals surface area contributed by atoms with Gasteiger partial charge >= 0.3 is 0 Å². The maximum absolute atomic E-state index is 14.4. The van der Waals surface area contributed by atoms with E-state index in [0.717, 1.165) is 10.6 Å². The molecule has 0 radical (unpaired) electrons. The highest BCUT2D eigenvalue weighted by Gasteiger charge is 2.38. The molecule has 0 atom stereocenters. The van der Waals surface area contributed by atoms with Crippen LogP contribution in [0.2, 0.25) is 0 Å². The highest BCUT2D eigenvalue weighted by molar-refractivity contribution is 7.88. The number of hydrogen-bond acceptors (Lipinski definition) is 8. The summed E-state index contributed by atoms with van der Waals surface area (Å²) in [6.07, 6.45) is 5.56. The van der Waals surface area contributed by atoms with E-state index in [0.29, 0.717) is 28.2 Å². The fourth-order valence-electron chi connectivity index (χ4n) is 3.65. The van der Waals surface area contributed by atoms with E-state index in [1.807, 2.05) is 0 Å². The van der Waals surface area contributed by atoms with Crippen LogP contribution >= 0.6 is 0 Å². The topological polar surface area (TPSA) is 136 Å². The molecule has 1 saturated heterocycles. The molecule has 182 valence electrons. The summed E-state index contributed by atoms with van der Waals surface area (Å²) in [6, 6.07) is 3.47. The van der Waals surface area contributed by atoms with E-state index in [-0.39, 0.29) is 25.3 Å². The Labute approximate surface area is 192 Å². The lowest BCUT2D eigenvalue weighted by Gasteiger charge is -2.30. The number of piperidine rings is 1. The Morgan fingerprint density at radius 1 is 1.21 bits per heavy atom. The molecule has 5 rings (SSSR count). The zero-order valence-corrected chi connectivity index (χ0v) is 19.1. The van der Waals surface area contributed by atoms with Gasteiger partial charge in [-0.1, -0.05) is 0 Å². The lowest BCUT2D eigenvalue weighted by atomic mass is 10.1. The van der Waals surface area contributed by atoms with Crippen molar-refractivity contribution < 1.29 is 21.6 Å². The molecule has 0 unspecified atom stereocenters. The minimum absolute atomic E-state index is 0.0522. The Kier molecular flexibility index (Phi) is 6.07. The summed E-state index contributed by atoms with van der Waals surface area (Å²) >= 11 is 0. The van der Waals surface area contributed by atoms with Gasteiger partial charge in [0, 0.05) is 32.4 Å².